The van der Waals surface area contributed by atoms with Crippen LogP contribution in [-0.4, -0.2) is 25.5 Å². The zero-order valence-electron chi connectivity index (χ0n) is 10.9. The van der Waals surface area contributed by atoms with Crippen LogP contribution in [0.5, 0.6) is 0 Å². The Morgan fingerprint density at radius 3 is 2.42 bits per heavy atom. The summed E-state index contributed by atoms with van der Waals surface area (Å²) in [6, 6.07) is 5.60. The number of hydrogen-bond donors (Lipinski definition) is 2. The molecule has 0 atom stereocenters. The van der Waals surface area contributed by atoms with Crippen LogP contribution in [0.1, 0.15) is 30.1 Å². The van der Waals surface area contributed by atoms with Crippen molar-refractivity contribution in [2.75, 3.05) is 19.6 Å². The Hall–Kier alpha value is -0.390. The van der Waals surface area contributed by atoms with E-state index >= 15 is 0 Å². The highest BCUT2D eigenvalue weighted by atomic mass is 79.9. The second-order valence-electron chi connectivity index (χ2n) is 5.40. The van der Waals surface area contributed by atoms with Crippen LogP contribution < -0.4 is 10.6 Å². The number of rotatable bonds is 3. The second kappa shape index (κ2) is 6.37. The Bertz CT molecular complexity index is 450. The van der Waals surface area contributed by atoms with Crippen LogP contribution in [0.2, 0.25) is 0 Å². The van der Waals surface area contributed by atoms with Crippen molar-refractivity contribution < 1.29 is 4.79 Å². The van der Waals surface area contributed by atoms with Crippen molar-refractivity contribution in [3.05, 3.63) is 32.7 Å². The molecular formula is C14H18Br2N2O. The molecule has 0 aromatic heterocycles. The zero-order chi connectivity index (χ0) is 13.9. The average Bonchev–Trinajstić information content (AvgIpc) is 2.36. The molecule has 104 valence electrons. The Balaban J connectivity index is 1.97. The van der Waals surface area contributed by atoms with E-state index in [-0.39, 0.29) is 11.3 Å². The number of carbonyl (C=O) groups is 1. The number of halogens is 2. The lowest BCUT2D eigenvalue weighted by molar-refractivity contribution is 0.0922. The van der Waals surface area contributed by atoms with Crippen LogP contribution in [0.4, 0.5) is 0 Å². The molecule has 1 saturated heterocycles. The Morgan fingerprint density at radius 2 is 1.84 bits per heavy atom. The molecule has 0 spiro atoms. The summed E-state index contributed by atoms with van der Waals surface area (Å²) < 4.78 is 1.81. The fraction of sp³-hybridized carbons (Fsp3) is 0.500. The Labute approximate surface area is 130 Å². The summed E-state index contributed by atoms with van der Waals surface area (Å²) in [4.78, 5) is 12.2. The minimum Gasteiger partial charge on any atom is -0.351 e. The highest BCUT2D eigenvalue weighted by molar-refractivity contribution is 9.11. The van der Waals surface area contributed by atoms with Gasteiger partial charge in [0.15, 0.2) is 0 Å². The number of piperidine rings is 1. The van der Waals surface area contributed by atoms with Crippen molar-refractivity contribution in [2.24, 2.45) is 5.41 Å². The summed E-state index contributed by atoms with van der Waals surface area (Å²) in [5, 5.41) is 6.40. The lowest BCUT2D eigenvalue weighted by Gasteiger charge is -2.34. The summed E-state index contributed by atoms with van der Waals surface area (Å²) in [6.45, 7) is 5.05. The molecular weight excluding hydrogens is 372 g/mol. The molecule has 19 heavy (non-hydrogen) atoms. The van der Waals surface area contributed by atoms with Gasteiger partial charge >= 0.3 is 0 Å². The maximum atomic E-state index is 12.2. The van der Waals surface area contributed by atoms with Crippen LogP contribution in [0.25, 0.3) is 0 Å². The van der Waals surface area contributed by atoms with Crippen LogP contribution >= 0.6 is 31.9 Å². The van der Waals surface area contributed by atoms with E-state index in [1.807, 2.05) is 18.2 Å². The fourth-order valence-electron chi connectivity index (χ4n) is 2.29. The van der Waals surface area contributed by atoms with Crippen molar-refractivity contribution in [3.8, 4) is 0 Å². The van der Waals surface area contributed by atoms with E-state index < -0.39 is 0 Å². The van der Waals surface area contributed by atoms with Gasteiger partial charge in [0.05, 0.1) is 0 Å². The summed E-state index contributed by atoms with van der Waals surface area (Å²) in [6.07, 6.45) is 2.21. The van der Waals surface area contributed by atoms with Gasteiger partial charge in [-0.25, -0.2) is 0 Å². The van der Waals surface area contributed by atoms with Gasteiger partial charge < -0.3 is 10.6 Å². The fourth-order valence-corrected chi connectivity index (χ4v) is 3.58. The topological polar surface area (TPSA) is 41.1 Å². The Morgan fingerprint density at radius 1 is 1.26 bits per heavy atom. The third-order valence-corrected chi connectivity index (χ3v) is 4.53. The summed E-state index contributed by atoms with van der Waals surface area (Å²) in [5.41, 5.74) is 0.892. The smallest absolute Gasteiger partial charge is 0.251 e. The van der Waals surface area contributed by atoms with E-state index in [1.165, 1.54) is 0 Å². The number of amides is 1. The third kappa shape index (κ3) is 4.29. The minimum atomic E-state index is -0.0123. The first-order chi connectivity index (χ1) is 8.98. The maximum Gasteiger partial charge on any atom is 0.251 e. The van der Waals surface area contributed by atoms with Crippen LogP contribution in [0.15, 0.2) is 27.1 Å². The third-order valence-electron chi connectivity index (χ3n) is 3.61. The van der Waals surface area contributed by atoms with Gasteiger partial charge in [0.25, 0.3) is 5.91 Å². The van der Waals surface area contributed by atoms with Crippen molar-refractivity contribution in [1.29, 1.82) is 0 Å². The monoisotopic (exact) mass is 388 g/mol. The van der Waals surface area contributed by atoms with Gasteiger partial charge in [0.1, 0.15) is 0 Å². The molecule has 5 heteroatoms. The predicted octanol–water partition coefficient (Wildman–Crippen LogP) is 3.33. The molecule has 1 heterocycles. The van der Waals surface area contributed by atoms with E-state index in [0.717, 1.165) is 41.4 Å². The molecule has 3 nitrogen and oxygen atoms in total. The lowest BCUT2D eigenvalue weighted by Crippen LogP contribution is -2.42. The normalized spacial score (nSPS) is 18.1. The van der Waals surface area contributed by atoms with E-state index in [1.54, 1.807) is 0 Å². The molecule has 1 aromatic carbocycles. The van der Waals surface area contributed by atoms with Crippen molar-refractivity contribution in [2.45, 2.75) is 19.8 Å². The van der Waals surface area contributed by atoms with Gasteiger partial charge in [-0.05, 0) is 49.5 Å². The minimum absolute atomic E-state index is 0.0123. The highest BCUT2D eigenvalue weighted by Crippen LogP contribution is 2.27. The van der Waals surface area contributed by atoms with Gasteiger partial charge in [0, 0.05) is 21.1 Å². The van der Waals surface area contributed by atoms with Gasteiger partial charge in [-0.2, -0.15) is 0 Å². The zero-order valence-corrected chi connectivity index (χ0v) is 14.1. The first kappa shape index (κ1) is 15.0. The predicted molar refractivity (Wildman–Crippen MR) is 84.4 cm³/mol. The van der Waals surface area contributed by atoms with Gasteiger partial charge in [0.2, 0.25) is 0 Å². The molecule has 2 rings (SSSR count). The van der Waals surface area contributed by atoms with Crippen LogP contribution in [-0.2, 0) is 0 Å². The molecule has 0 unspecified atom stereocenters. The van der Waals surface area contributed by atoms with E-state index in [9.17, 15) is 4.79 Å². The average molecular weight is 390 g/mol. The van der Waals surface area contributed by atoms with Crippen molar-refractivity contribution in [1.82, 2.24) is 10.6 Å². The SMILES string of the molecule is CC1(CNC(=O)c2cc(Br)cc(Br)c2)CCNCC1. The Kier molecular flexibility index (Phi) is 5.03. The largest absolute Gasteiger partial charge is 0.351 e. The standard InChI is InChI=1S/C14H18Br2N2O/c1-14(2-4-17-5-3-14)9-18-13(19)10-6-11(15)8-12(16)7-10/h6-8,17H,2-5,9H2,1H3,(H,18,19). The summed E-state index contributed by atoms with van der Waals surface area (Å²) in [5.74, 6) is -0.0123. The van der Waals surface area contributed by atoms with Gasteiger partial charge in [-0.15, -0.1) is 0 Å². The molecule has 1 aliphatic rings. The van der Waals surface area contributed by atoms with Crippen LogP contribution in [0, 0.1) is 5.41 Å². The summed E-state index contributed by atoms with van der Waals surface area (Å²) >= 11 is 6.80. The van der Waals surface area contributed by atoms with Crippen LogP contribution in [0.3, 0.4) is 0 Å². The second-order valence-corrected chi connectivity index (χ2v) is 7.23. The molecule has 0 bridgehead atoms. The number of benzene rings is 1. The van der Waals surface area contributed by atoms with Crippen molar-refractivity contribution >= 4 is 37.8 Å². The molecule has 1 aliphatic heterocycles. The van der Waals surface area contributed by atoms with Crippen molar-refractivity contribution in [3.63, 3.8) is 0 Å². The maximum absolute atomic E-state index is 12.2. The number of nitrogens with one attached hydrogen (secondary N) is 2. The van der Waals surface area contributed by atoms with E-state index in [2.05, 4.69) is 49.4 Å². The molecule has 0 radical (unpaired) electrons. The first-order valence-electron chi connectivity index (χ1n) is 6.44. The van der Waals surface area contributed by atoms with E-state index in [0.29, 0.717) is 5.56 Å². The summed E-state index contributed by atoms with van der Waals surface area (Å²) in [7, 11) is 0. The van der Waals surface area contributed by atoms with Gasteiger partial charge in [-0.3, -0.25) is 4.79 Å². The highest BCUT2D eigenvalue weighted by Gasteiger charge is 2.27. The quantitative estimate of drug-likeness (QED) is 0.832. The van der Waals surface area contributed by atoms with E-state index in [4.69, 9.17) is 0 Å². The first-order valence-corrected chi connectivity index (χ1v) is 8.02. The lowest BCUT2D eigenvalue weighted by atomic mass is 9.81. The molecule has 2 N–H and O–H groups in total. The molecule has 1 fully saturated rings. The van der Waals surface area contributed by atoms with Gasteiger partial charge in [-0.1, -0.05) is 38.8 Å². The number of hydrogen-bond acceptors (Lipinski definition) is 2. The number of carbonyl (C=O) groups excluding carboxylic acids is 1. The molecule has 0 aliphatic carbocycles. The molecule has 1 amide bonds. The molecule has 0 saturated carbocycles. The molecule has 1 aromatic rings.